The first-order chi connectivity index (χ1) is 9.88. The Morgan fingerprint density at radius 1 is 1.38 bits per heavy atom. The van der Waals surface area contributed by atoms with Crippen LogP contribution in [0.15, 0.2) is 27.3 Å². The fraction of sp³-hybridized carbons (Fsp3) is 0.467. The molecule has 0 bridgehead atoms. The number of carboxylic acid groups (broad SMARTS) is 1. The standard InChI is InChI=1S/C15H20BrNO4/c1-10(15(19)20)4-3-5-11(2)17-14(18)9-7-12-6-8-13(16)21-12/h6-11H,3-5H2,1-2H3,(H,17,18)(H,19,20). The minimum atomic E-state index is -0.778. The molecule has 1 rings (SSSR count). The zero-order chi connectivity index (χ0) is 15.8. The average molecular weight is 358 g/mol. The number of carbonyl (C=O) groups excluding carboxylic acids is 1. The third-order valence-electron chi connectivity index (χ3n) is 3.08. The summed E-state index contributed by atoms with van der Waals surface area (Å²) in [5.74, 6) is -0.717. The van der Waals surface area contributed by atoms with Gasteiger partial charge in [0, 0.05) is 12.1 Å². The van der Waals surface area contributed by atoms with Crippen molar-refractivity contribution in [3.63, 3.8) is 0 Å². The van der Waals surface area contributed by atoms with E-state index in [1.54, 1.807) is 25.1 Å². The van der Waals surface area contributed by atoms with E-state index in [4.69, 9.17) is 9.52 Å². The van der Waals surface area contributed by atoms with E-state index in [2.05, 4.69) is 21.2 Å². The van der Waals surface area contributed by atoms with Crippen LogP contribution in [-0.4, -0.2) is 23.0 Å². The Hall–Kier alpha value is -1.56. The maximum atomic E-state index is 11.7. The minimum Gasteiger partial charge on any atom is -0.481 e. The number of carboxylic acids is 1. The molecule has 0 saturated carbocycles. The summed E-state index contributed by atoms with van der Waals surface area (Å²) in [5.41, 5.74) is 0. The third-order valence-corrected chi connectivity index (χ3v) is 3.50. The monoisotopic (exact) mass is 357 g/mol. The third kappa shape index (κ3) is 7.13. The molecule has 5 nitrogen and oxygen atoms in total. The van der Waals surface area contributed by atoms with Crippen molar-refractivity contribution in [3.8, 4) is 0 Å². The molecule has 0 aliphatic rings. The summed E-state index contributed by atoms with van der Waals surface area (Å²) >= 11 is 3.19. The highest BCUT2D eigenvalue weighted by molar-refractivity contribution is 9.10. The molecule has 0 radical (unpaired) electrons. The lowest BCUT2D eigenvalue weighted by Gasteiger charge is -2.13. The van der Waals surface area contributed by atoms with Gasteiger partial charge in [0.1, 0.15) is 5.76 Å². The van der Waals surface area contributed by atoms with Crippen LogP contribution >= 0.6 is 15.9 Å². The molecule has 2 N–H and O–H groups in total. The maximum absolute atomic E-state index is 11.7. The van der Waals surface area contributed by atoms with E-state index in [0.717, 1.165) is 12.8 Å². The van der Waals surface area contributed by atoms with Crippen LogP contribution in [0.1, 0.15) is 38.9 Å². The highest BCUT2D eigenvalue weighted by Gasteiger charge is 2.11. The molecule has 116 valence electrons. The molecule has 1 aromatic rings. The number of rotatable bonds is 8. The van der Waals surface area contributed by atoms with E-state index in [1.807, 2.05) is 6.92 Å². The van der Waals surface area contributed by atoms with Crippen molar-refractivity contribution in [2.75, 3.05) is 0 Å². The van der Waals surface area contributed by atoms with Crippen molar-refractivity contribution in [1.29, 1.82) is 0 Å². The molecule has 21 heavy (non-hydrogen) atoms. The summed E-state index contributed by atoms with van der Waals surface area (Å²) in [7, 11) is 0. The van der Waals surface area contributed by atoms with Gasteiger partial charge in [-0.15, -0.1) is 0 Å². The van der Waals surface area contributed by atoms with Crippen LogP contribution in [0, 0.1) is 5.92 Å². The van der Waals surface area contributed by atoms with Crippen LogP contribution in [-0.2, 0) is 9.59 Å². The van der Waals surface area contributed by atoms with Gasteiger partial charge in [0.2, 0.25) is 5.91 Å². The molecule has 1 heterocycles. The number of halogens is 1. The molecule has 2 atom stereocenters. The molecular weight excluding hydrogens is 338 g/mol. The van der Waals surface area contributed by atoms with Crippen LogP contribution in [0.3, 0.4) is 0 Å². The van der Waals surface area contributed by atoms with Gasteiger partial charge in [0.15, 0.2) is 4.67 Å². The predicted octanol–water partition coefficient (Wildman–Crippen LogP) is 3.45. The van der Waals surface area contributed by atoms with Gasteiger partial charge in [0.05, 0.1) is 5.92 Å². The molecule has 0 spiro atoms. The lowest BCUT2D eigenvalue weighted by Crippen LogP contribution is -2.31. The van der Waals surface area contributed by atoms with E-state index in [-0.39, 0.29) is 17.9 Å². The molecule has 0 aliphatic carbocycles. The van der Waals surface area contributed by atoms with E-state index in [0.29, 0.717) is 16.9 Å². The summed E-state index contributed by atoms with van der Waals surface area (Å²) in [6, 6.07) is 3.51. The van der Waals surface area contributed by atoms with Crippen LogP contribution in [0.2, 0.25) is 0 Å². The maximum Gasteiger partial charge on any atom is 0.306 e. The predicted molar refractivity (Wildman–Crippen MR) is 83.7 cm³/mol. The Labute approximate surface area is 132 Å². The zero-order valence-corrected chi connectivity index (χ0v) is 13.7. The number of furan rings is 1. The molecule has 0 aliphatic heterocycles. The van der Waals surface area contributed by atoms with Gasteiger partial charge in [-0.1, -0.05) is 13.3 Å². The van der Waals surface area contributed by atoms with Crippen molar-refractivity contribution in [2.24, 2.45) is 5.92 Å². The molecule has 1 amide bonds. The molecule has 6 heteroatoms. The number of hydrogen-bond donors (Lipinski definition) is 2. The van der Waals surface area contributed by atoms with E-state index in [9.17, 15) is 9.59 Å². The van der Waals surface area contributed by atoms with E-state index < -0.39 is 5.97 Å². The first kappa shape index (κ1) is 17.5. The highest BCUT2D eigenvalue weighted by Crippen LogP contribution is 2.15. The first-order valence-corrected chi connectivity index (χ1v) is 7.64. The second kappa shape index (κ2) is 8.67. The van der Waals surface area contributed by atoms with Gasteiger partial charge in [0.25, 0.3) is 0 Å². The van der Waals surface area contributed by atoms with Crippen LogP contribution in [0.25, 0.3) is 6.08 Å². The number of nitrogens with one attached hydrogen (secondary N) is 1. The van der Waals surface area contributed by atoms with Crippen molar-refractivity contribution in [1.82, 2.24) is 5.32 Å². The van der Waals surface area contributed by atoms with Gasteiger partial charge in [-0.25, -0.2) is 0 Å². The molecule has 0 aromatic carbocycles. The molecular formula is C15H20BrNO4. The summed E-state index contributed by atoms with van der Waals surface area (Å²) in [5, 5.41) is 11.6. The van der Waals surface area contributed by atoms with E-state index in [1.165, 1.54) is 6.08 Å². The smallest absolute Gasteiger partial charge is 0.306 e. The molecule has 2 unspecified atom stereocenters. The summed E-state index contributed by atoms with van der Waals surface area (Å²) in [6.45, 7) is 3.59. The Bertz CT molecular complexity index is 510. The van der Waals surface area contributed by atoms with Crippen molar-refractivity contribution < 1.29 is 19.1 Å². The highest BCUT2D eigenvalue weighted by atomic mass is 79.9. The summed E-state index contributed by atoms with van der Waals surface area (Å²) in [6.07, 6.45) is 5.15. The average Bonchev–Trinajstić information content (AvgIpc) is 2.82. The lowest BCUT2D eigenvalue weighted by molar-refractivity contribution is -0.141. The van der Waals surface area contributed by atoms with Crippen molar-refractivity contribution >= 4 is 33.9 Å². The normalized spacial score (nSPS) is 14.0. The Kier molecular flexibility index (Phi) is 7.22. The van der Waals surface area contributed by atoms with Crippen LogP contribution in [0.4, 0.5) is 0 Å². The largest absolute Gasteiger partial charge is 0.481 e. The molecule has 0 saturated heterocycles. The lowest BCUT2D eigenvalue weighted by atomic mass is 10.0. The Morgan fingerprint density at radius 2 is 2.10 bits per heavy atom. The van der Waals surface area contributed by atoms with Crippen LogP contribution in [0.5, 0.6) is 0 Å². The second-order valence-electron chi connectivity index (χ2n) is 5.06. The first-order valence-electron chi connectivity index (χ1n) is 6.85. The van der Waals surface area contributed by atoms with Crippen LogP contribution < -0.4 is 5.32 Å². The number of aliphatic carboxylic acids is 1. The molecule has 1 aromatic heterocycles. The summed E-state index contributed by atoms with van der Waals surface area (Å²) < 4.78 is 5.86. The fourth-order valence-corrected chi connectivity index (χ4v) is 2.11. The Morgan fingerprint density at radius 3 is 2.67 bits per heavy atom. The molecule has 0 fully saturated rings. The Balaban J connectivity index is 2.27. The van der Waals surface area contributed by atoms with E-state index >= 15 is 0 Å². The van der Waals surface area contributed by atoms with Gasteiger partial charge in [-0.3, -0.25) is 9.59 Å². The van der Waals surface area contributed by atoms with Gasteiger partial charge < -0.3 is 14.8 Å². The van der Waals surface area contributed by atoms with Gasteiger partial charge >= 0.3 is 5.97 Å². The summed E-state index contributed by atoms with van der Waals surface area (Å²) in [4.78, 5) is 22.4. The van der Waals surface area contributed by atoms with Gasteiger partial charge in [-0.2, -0.15) is 0 Å². The second-order valence-corrected chi connectivity index (χ2v) is 5.84. The zero-order valence-electron chi connectivity index (χ0n) is 12.1. The SMILES string of the molecule is CC(CCCC(C)C(=O)O)NC(=O)C=Cc1ccc(Br)o1. The van der Waals surface area contributed by atoms with Gasteiger partial charge in [-0.05, 0) is 53.9 Å². The van der Waals surface area contributed by atoms with Crippen molar-refractivity contribution in [2.45, 2.75) is 39.2 Å². The topological polar surface area (TPSA) is 79.5 Å². The number of hydrogen-bond acceptors (Lipinski definition) is 3. The number of carbonyl (C=O) groups is 2. The minimum absolute atomic E-state index is 0.00600. The fourth-order valence-electron chi connectivity index (χ4n) is 1.79. The number of amides is 1. The van der Waals surface area contributed by atoms with Crippen molar-refractivity contribution in [3.05, 3.63) is 28.6 Å². The quantitative estimate of drug-likeness (QED) is 0.698.